The molecule has 2 fully saturated rings. The summed E-state index contributed by atoms with van der Waals surface area (Å²) in [4.78, 5) is 0.750. The Balaban J connectivity index is 1.92. The molecular formula is C12H17F6NO2. The summed E-state index contributed by atoms with van der Waals surface area (Å²) in [6.07, 6.45) is -9.48. The van der Waals surface area contributed by atoms with Crippen LogP contribution in [0, 0.1) is 5.92 Å². The van der Waals surface area contributed by atoms with Crippen LogP contribution >= 0.6 is 0 Å². The number of likely N-dealkylation sites (tertiary alicyclic amines) is 1. The Morgan fingerprint density at radius 2 is 1.62 bits per heavy atom. The number of ether oxygens (including phenoxy) is 2. The van der Waals surface area contributed by atoms with Crippen molar-refractivity contribution in [3.05, 3.63) is 0 Å². The van der Waals surface area contributed by atoms with Crippen molar-refractivity contribution in [1.29, 1.82) is 0 Å². The molecule has 0 N–H and O–H groups in total. The molecule has 0 radical (unpaired) electrons. The normalized spacial score (nSPS) is 28.6. The first-order valence-corrected chi connectivity index (χ1v) is 6.75. The van der Waals surface area contributed by atoms with E-state index in [1.54, 1.807) is 0 Å². The van der Waals surface area contributed by atoms with Gasteiger partial charge in [-0.1, -0.05) is 0 Å². The number of halogens is 6. The summed E-state index contributed by atoms with van der Waals surface area (Å²) >= 11 is 0. The van der Waals surface area contributed by atoms with Crippen LogP contribution in [0.4, 0.5) is 26.3 Å². The van der Waals surface area contributed by atoms with Gasteiger partial charge in [-0.15, -0.1) is 0 Å². The molecule has 2 rings (SSSR count). The molecular weight excluding hydrogens is 304 g/mol. The maximum Gasteiger partial charge on any atom is 0.391 e. The summed E-state index contributed by atoms with van der Waals surface area (Å²) in [5.74, 6) is -5.37. The molecule has 2 heterocycles. The SMILES string of the molecule is FC(N1CCC(C(F)(F)F)CC1)C(F)(F)C1COCCO1. The molecule has 2 atom stereocenters. The number of hydrogen-bond donors (Lipinski definition) is 0. The highest BCUT2D eigenvalue weighted by Gasteiger charge is 2.53. The molecule has 0 bridgehead atoms. The molecule has 3 nitrogen and oxygen atoms in total. The van der Waals surface area contributed by atoms with E-state index in [2.05, 4.69) is 0 Å². The minimum atomic E-state index is -4.36. The average molecular weight is 321 g/mol. The summed E-state index contributed by atoms with van der Waals surface area (Å²) < 4.78 is 89.1. The van der Waals surface area contributed by atoms with Crippen molar-refractivity contribution in [2.45, 2.75) is 37.3 Å². The first kappa shape index (κ1) is 16.8. The molecule has 0 aromatic rings. The molecule has 2 saturated heterocycles. The maximum atomic E-state index is 14.0. The summed E-state index contributed by atoms with van der Waals surface area (Å²) in [5.41, 5.74) is 0. The maximum absolute atomic E-state index is 14.0. The Morgan fingerprint density at radius 3 is 2.10 bits per heavy atom. The largest absolute Gasteiger partial charge is 0.391 e. The highest BCUT2D eigenvalue weighted by Crippen LogP contribution is 2.38. The first-order valence-electron chi connectivity index (χ1n) is 6.75. The van der Waals surface area contributed by atoms with E-state index in [1.807, 2.05) is 0 Å². The van der Waals surface area contributed by atoms with Gasteiger partial charge in [0.1, 0.15) is 6.10 Å². The molecule has 21 heavy (non-hydrogen) atoms. The minimum Gasteiger partial charge on any atom is -0.376 e. The third-order valence-electron chi connectivity index (χ3n) is 3.88. The van der Waals surface area contributed by atoms with Crippen LogP contribution in [-0.2, 0) is 9.47 Å². The summed E-state index contributed by atoms with van der Waals surface area (Å²) in [7, 11) is 0. The van der Waals surface area contributed by atoms with Crippen LogP contribution in [0.25, 0.3) is 0 Å². The minimum absolute atomic E-state index is 0.0525. The van der Waals surface area contributed by atoms with Gasteiger partial charge in [-0.25, -0.2) is 4.39 Å². The van der Waals surface area contributed by atoms with Gasteiger partial charge in [-0.3, -0.25) is 4.90 Å². The van der Waals surface area contributed by atoms with Gasteiger partial charge >= 0.3 is 12.1 Å². The number of nitrogens with zero attached hydrogens (tertiary/aromatic N) is 1. The van der Waals surface area contributed by atoms with Crippen molar-refractivity contribution in [3.63, 3.8) is 0 Å². The zero-order valence-electron chi connectivity index (χ0n) is 11.2. The van der Waals surface area contributed by atoms with Crippen LogP contribution in [0.3, 0.4) is 0 Å². The smallest absolute Gasteiger partial charge is 0.376 e. The quantitative estimate of drug-likeness (QED) is 0.589. The van der Waals surface area contributed by atoms with Crippen LogP contribution in [0.15, 0.2) is 0 Å². The van der Waals surface area contributed by atoms with Gasteiger partial charge in [-0.2, -0.15) is 22.0 Å². The lowest BCUT2D eigenvalue weighted by atomic mass is 9.95. The summed E-state index contributed by atoms with van der Waals surface area (Å²) in [6.45, 7) is -1.01. The molecule has 0 spiro atoms. The van der Waals surface area contributed by atoms with Crippen molar-refractivity contribution < 1.29 is 35.8 Å². The Kier molecular flexibility index (Phi) is 5.04. The standard InChI is InChI=1S/C12H17F6NO2/c13-10(11(14,15)9-7-20-5-6-21-9)19-3-1-8(2-4-19)12(16,17)18/h8-10H,1-7H2. The number of alkyl halides is 6. The second kappa shape index (κ2) is 6.29. The lowest BCUT2D eigenvalue weighted by Crippen LogP contribution is -2.57. The van der Waals surface area contributed by atoms with Crippen LogP contribution < -0.4 is 0 Å². The van der Waals surface area contributed by atoms with Crippen molar-refractivity contribution in [1.82, 2.24) is 4.90 Å². The molecule has 0 amide bonds. The highest BCUT2D eigenvalue weighted by molar-refractivity contribution is 4.89. The van der Waals surface area contributed by atoms with Crippen molar-refractivity contribution in [2.75, 3.05) is 32.9 Å². The molecule has 0 aliphatic carbocycles. The molecule has 0 aromatic carbocycles. The van der Waals surface area contributed by atoms with Crippen LogP contribution in [0.2, 0.25) is 0 Å². The number of hydrogen-bond acceptors (Lipinski definition) is 3. The van der Waals surface area contributed by atoms with Crippen LogP contribution in [-0.4, -0.2) is 62.3 Å². The van der Waals surface area contributed by atoms with Gasteiger partial charge in [0, 0.05) is 13.1 Å². The van der Waals surface area contributed by atoms with E-state index in [9.17, 15) is 26.3 Å². The van der Waals surface area contributed by atoms with E-state index in [0.717, 1.165) is 4.90 Å². The van der Waals surface area contributed by atoms with Gasteiger partial charge in [0.2, 0.25) is 6.30 Å². The molecule has 0 aromatic heterocycles. The monoisotopic (exact) mass is 321 g/mol. The fourth-order valence-corrected chi connectivity index (χ4v) is 2.56. The zero-order chi connectivity index (χ0) is 15.7. The van der Waals surface area contributed by atoms with Crippen molar-refractivity contribution >= 4 is 0 Å². The van der Waals surface area contributed by atoms with Gasteiger partial charge in [-0.05, 0) is 12.8 Å². The average Bonchev–Trinajstić information content (AvgIpc) is 2.46. The van der Waals surface area contributed by atoms with Gasteiger partial charge in [0.25, 0.3) is 0 Å². The molecule has 0 saturated carbocycles. The zero-order valence-corrected chi connectivity index (χ0v) is 11.2. The van der Waals surface area contributed by atoms with Crippen LogP contribution in [0.1, 0.15) is 12.8 Å². The fourth-order valence-electron chi connectivity index (χ4n) is 2.56. The van der Waals surface area contributed by atoms with Crippen molar-refractivity contribution in [3.8, 4) is 0 Å². The van der Waals surface area contributed by atoms with E-state index in [-0.39, 0.29) is 39.1 Å². The second-order valence-corrected chi connectivity index (χ2v) is 5.30. The Hall–Kier alpha value is -0.540. The predicted molar refractivity (Wildman–Crippen MR) is 60.8 cm³/mol. The third kappa shape index (κ3) is 3.81. The van der Waals surface area contributed by atoms with Gasteiger partial charge in [0.15, 0.2) is 0 Å². The number of rotatable bonds is 3. The molecule has 2 aliphatic rings. The molecule has 124 valence electrons. The molecule has 2 unspecified atom stereocenters. The Morgan fingerprint density at radius 1 is 1.00 bits per heavy atom. The van der Waals surface area contributed by atoms with E-state index < -0.39 is 37.0 Å². The molecule has 2 aliphatic heterocycles. The lowest BCUT2D eigenvalue weighted by molar-refractivity contribution is -0.248. The third-order valence-corrected chi connectivity index (χ3v) is 3.88. The Bertz CT molecular complexity index is 337. The van der Waals surface area contributed by atoms with Crippen LogP contribution in [0.5, 0.6) is 0 Å². The lowest BCUT2D eigenvalue weighted by Gasteiger charge is -2.39. The van der Waals surface area contributed by atoms with E-state index in [4.69, 9.17) is 9.47 Å². The van der Waals surface area contributed by atoms with Gasteiger partial charge < -0.3 is 9.47 Å². The predicted octanol–water partition coefficient (Wildman–Crippen LogP) is 2.61. The van der Waals surface area contributed by atoms with Gasteiger partial charge in [0.05, 0.1) is 25.7 Å². The van der Waals surface area contributed by atoms with E-state index >= 15 is 0 Å². The van der Waals surface area contributed by atoms with E-state index in [1.165, 1.54) is 0 Å². The second-order valence-electron chi connectivity index (χ2n) is 5.30. The van der Waals surface area contributed by atoms with E-state index in [0.29, 0.717) is 0 Å². The first-order chi connectivity index (χ1) is 9.73. The summed E-state index contributed by atoms with van der Waals surface area (Å²) in [6, 6.07) is 0. The topological polar surface area (TPSA) is 21.7 Å². The van der Waals surface area contributed by atoms with Crippen molar-refractivity contribution in [2.24, 2.45) is 5.92 Å². The molecule has 9 heteroatoms. The number of piperidine rings is 1. The summed E-state index contributed by atoms with van der Waals surface area (Å²) in [5, 5.41) is 0. The fraction of sp³-hybridized carbons (Fsp3) is 1.00. The highest BCUT2D eigenvalue weighted by atomic mass is 19.4. The Labute approximate surface area is 118 Å².